The van der Waals surface area contributed by atoms with E-state index in [0.29, 0.717) is 15.6 Å². The SMILES string of the molecule is COc1cc(Br)c2cc(C(=O)O)c(=O)oc2c1. The number of aromatic carboxylic acids is 1. The first-order valence-electron chi connectivity index (χ1n) is 4.57. The van der Waals surface area contributed by atoms with Gasteiger partial charge in [0.05, 0.1) is 7.11 Å². The van der Waals surface area contributed by atoms with Crippen molar-refractivity contribution in [2.75, 3.05) is 7.11 Å². The summed E-state index contributed by atoms with van der Waals surface area (Å²) in [5.74, 6) is -0.807. The van der Waals surface area contributed by atoms with E-state index in [-0.39, 0.29) is 5.58 Å². The van der Waals surface area contributed by atoms with Crippen LogP contribution in [0.1, 0.15) is 10.4 Å². The normalized spacial score (nSPS) is 10.5. The number of carbonyl (C=O) groups is 1. The van der Waals surface area contributed by atoms with Gasteiger partial charge in [-0.05, 0) is 28.1 Å². The molecule has 88 valence electrons. The Labute approximate surface area is 104 Å². The Kier molecular flexibility index (Phi) is 2.89. The first kappa shape index (κ1) is 11.7. The van der Waals surface area contributed by atoms with Crippen molar-refractivity contribution in [3.8, 4) is 5.75 Å². The maximum absolute atomic E-state index is 11.4. The number of carboxylic acid groups (broad SMARTS) is 1. The first-order chi connectivity index (χ1) is 8.02. The van der Waals surface area contributed by atoms with Crippen LogP contribution in [-0.4, -0.2) is 18.2 Å². The fourth-order valence-corrected chi connectivity index (χ4v) is 1.95. The number of benzene rings is 1. The lowest BCUT2D eigenvalue weighted by Crippen LogP contribution is -2.12. The van der Waals surface area contributed by atoms with Crippen molar-refractivity contribution in [1.29, 1.82) is 0 Å². The third-order valence-corrected chi connectivity index (χ3v) is 2.90. The standard InChI is InChI=1S/C11H7BrO5/c1-16-5-2-8(12)6-4-7(10(13)14)11(15)17-9(6)3-5/h2-4H,1H3,(H,13,14). The molecule has 2 aromatic rings. The highest BCUT2D eigenvalue weighted by Gasteiger charge is 2.14. The van der Waals surface area contributed by atoms with Crippen LogP contribution in [0.15, 0.2) is 31.9 Å². The summed E-state index contributed by atoms with van der Waals surface area (Å²) in [4.78, 5) is 22.2. The molecule has 1 N–H and O–H groups in total. The molecule has 5 nitrogen and oxygen atoms in total. The van der Waals surface area contributed by atoms with Crippen LogP contribution in [0.4, 0.5) is 0 Å². The average molecular weight is 299 g/mol. The second kappa shape index (κ2) is 4.21. The van der Waals surface area contributed by atoms with Gasteiger partial charge in [0.1, 0.15) is 16.9 Å². The zero-order chi connectivity index (χ0) is 12.6. The lowest BCUT2D eigenvalue weighted by molar-refractivity contribution is 0.0692. The molecule has 17 heavy (non-hydrogen) atoms. The van der Waals surface area contributed by atoms with Gasteiger partial charge < -0.3 is 14.3 Å². The summed E-state index contributed by atoms with van der Waals surface area (Å²) in [5, 5.41) is 9.32. The van der Waals surface area contributed by atoms with Crippen molar-refractivity contribution >= 4 is 32.9 Å². The molecule has 0 bridgehead atoms. The van der Waals surface area contributed by atoms with Gasteiger partial charge in [0, 0.05) is 15.9 Å². The van der Waals surface area contributed by atoms with Crippen LogP contribution in [0.5, 0.6) is 5.75 Å². The van der Waals surface area contributed by atoms with Crippen LogP contribution < -0.4 is 10.4 Å². The smallest absolute Gasteiger partial charge is 0.351 e. The Bertz CT molecular complexity index is 659. The lowest BCUT2D eigenvalue weighted by atomic mass is 10.2. The van der Waals surface area contributed by atoms with E-state index in [1.165, 1.54) is 19.2 Å². The van der Waals surface area contributed by atoms with Crippen molar-refractivity contribution in [3.05, 3.63) is 38.7 Å². The average Bonchev–Trinajstić information content (AvgIpc) is 2.27. The van der Waals surface area contributed by atoms with E-state index < -0.39 is 17.2 Å². The summed E-state index contributed by atoms with van der Waals surface area (Å²) in [6, 6.07) is 4.45. The summed E-state index contributed by atoms with van der Waals surface area (Å²) >= 11 is 3.26. The molecule has 6 heteroatoms. The minimum absolute atomic E-state index is 0.270. The number of methoxy groups -OCH3 is 1. The molecule has 0 aliphatic heterocycles. The predicted octanol–water partition coefficient (Wildman–Crippen LogP) is 2.26. The highest BCUT2D eigenvalue weighted by atomic mass is 79.9. The van der Waals surface area contributed by atoms with Crippen molar-refractivity contribution in [3.63, 3.8) is 0 Å². The Morgan fingerprint density at radius 3 is 2.71 bits per heavy atom. The van der Waals surface area contributed by atoms with E-state index in [2.05, 4.69) is 15.9 Å². The molecule has 0 spiro atoms. The number of ether oxygens (including phenoxy) is 1. The van der Waals surface area contributed by atoms with Gasteiger partial charge in [-0.3, -0.25) is 0 Å². The van der Waals surface area contributed by atoms with Gasteiger partial charge in [-0.25, -0.2) is 9.59 Å². The van der Waals surface area contributed by atoms with Gasteiger partial charge in [-0.1, -0.05) is 0 Å². The minimum atomic E-state index is -1.32. The van der Waals surface area contributed by atoms with Gasteiger partial charge in [0.15, 0.2) is 0 Å². The maximum Gasteiger partial charge on any atom is 0.351 e. The van der Waals surface area contributed by atoms with E-state index in [0.717, 1.165) is 0 Å². The van der Waals surface area contributed by atoms with Gasteiger partial charge in [0.2, 0.25) is 0 Å². The van der Waals surface area contributed by atoms with Crippen LogP contribution in [0.3, 0.4) is 0 Å². The minimum Gasteiger partial charge on any atom is -0.497 e. The maximum atomic E-state index is 11.4. The molecular weight excluding hydrogens is 292 g/mol. The highest BCUT2D eigenvalue weighted by Crippen LogP contribution is 2.29. The Morgan fingerprint density at radius 1 is 1.41 bits per heavy atom. The Hall–Kier alpha value is -1.82. The molecule has 2 rings (SSSR count). The molecule has 0 saturated carbocycles. The second-order valence-electron chi connectivity index (χ2n) is 3.27. The summed E-state index contributed by atoms with van der Waals surface area (Å²) in [6.07, 6.45) is 0. The number of hydrogen-bond acceptors (Lipinski definition) is 4. The Morgan fingerprint density at radius 2 is 2.12 bits per heavy atom. The lowest BCUT2D eigenvalue weighted by Gasteiger charge is -2.04. The number of rotatable bonds is 2. The van der Waals surface area contributed by atoms with Gasteiger partial charge in [-0.2, -0.15) is 0 Å². The molecule has 0 aliphatic rings. The monoisotopic (exact) mass is 298 g/mol. The second-order valence-corrected chi connectivity index (χ2v) is 4.13. The third kappa shape index (κ3) is 2.03. The van der Waals surface area contributed by atoms with Crippen molar-refractivity contribution in [1.82, 2.24) is 0 Å². The molecular formula is C11H7BrO5. The molecule has 1 aromatic carbocycles. The molecule has 0 fully saturated rings. The van der Waals surface area contributed by atoms with Crippen LogP contribution in [0, 0.1) is 0 Å². The molecule has 1 aromatic heterocycles. The summed E-state index contributed by atoms with van der Waals surface area (Å²) < 4.78 is 10.5. The van der Waals surface area contributed by atoms with Crippen molar-refractivity contribution in [2.45, 2.75) is 0 Å². The quantitative estimate of drug-likeness (QED) is 0.861. The topological polar surface area (TPSA) is 76.7 Å². The fourth-order valence-electron chi connectivity index (χ4n) is 1.42. The number of halogens is 1. The van der Waals surface area contributed by atoms with Gasteiger partial charge in [-0.15, -0.1) is 0 Å². The largest absolute Gasteiger partial charge is 0.497 e. The molecule has 0 saturated heterocycles. The van der Waals surface area contributed by atoms with E-state index in [4.69, 9.17) is 14.3 Å². The molecule has 0 unspecified atom stereocenters. The molecule has 1 heterocycles. The fraction of sp³-hybridized carbons (Fsp3) is 0.0909. The zero-order valence-electron chi connectivity index (χ0n) is 8.69. The molecule has 0 amide bonds. The Balaban J connectivity index is 2.83. The van der Waals surface area contributed by atoms with Crippen LogP contribution >= 0.6 is 15.9 Å². The first-order valence-corrected chi connectivity index (χ1v) is 5.37. The molecule has 0 atom stereocenters. The molecule has 0 aliphatic carbocycles. The van der Waals surface area contributed by atoms with E-state index in [1.54, 1.807) is 6.07 Å². The number of hydrogen-bond donors (Lipinski definition) is 1. The van der Waals surface area contributed by atoms with Crippen LogP contribution in [-0.2, 0) is 0 Å². The van der Waals surface area contributed by atoms with Crippen molar-refractivity contribution in [2.24, 2.45) is 0 Å². The van der Waals surface area contributed by atoms with Gasteiger partial charge >= 0.3 is 11.6 Å². The summed E-state index contributed by atoms with van der Waals surface area (Å²) in [5.41, 5.74) is -1.01. The van der Waals surface area contributed by atoms with Crippen LogP contribution in [0.25, 0.3) is 11.0 Å². The third-order valence-electron chi connectivity index (χ3n) is 2.24. The van der Waals surface area contributed by atoms with Crippen LogP contribution in [0.2, 0.25) is 0 Å². The van der Waals surface area contributed by atoms with Gasteiger partial charge in [0.25, 0.3) is 0 Å². The molecule has 0 radical (unpaired) electrons. The number of carboxylic acids is 1. The highest BCUT2D eigenvalue weighted by molar-refractivity contribution is 9.10. The van der Waals surface area contributed by atoms with Crippen molar-refractivity contribution < 1.29 is 19.1 Å². The predicted molar refractivity (Wildman–Crippen MR) is 63.7 cm³/mol. The van der Waals surface area contributed by atoms with E-state index >= 15 is 0 Å². The zero-order valence-corrected chi connectivity index (χ0v) is 10.3. The number of fused-ring (bicyclic) bond motifs is 1. The summed E-state index contributed by atoms with van der Waals surface area (Å²) in [6.45, 7) is 0. The van der Waals surface area contributed by atoms with E-state index in [1.807, 2.05) is 0 Å². The summed E-state index contributed by atoms with van der Waals surface area (Å²) in [7, 11) is 1.48. The van der Waals surface area contributed by atoms with E-state index in [9.17, 15) is 9.59 Å².